The standard InChI is InChI=1S/C16H21N3O4S2/c1-11-4-5-12(2)15(8-11)25(22,23)18-16-9-13(3)17-19(16)14-6-7-24(20,21)10-14/h4-5,8-9,14,18H,6-7,10H2,1-3H3. The van der Waals surface area contributed by atoms with Crippen LogP contribution in [0.5, 0.6) is 0 Å². The molecule has 2 aromatic rings. The molecule has 1 aromatic carbocycles. The number of anilines is 1. The molecule has 7 nitrogen and oxygen atoms in total. The lowest BCUT2D eigenvalue weighted by Gasteiger charge is -2.15. The highest BCUT2D eigenvalue weighted by molar-refractivity contribution is 7.92. The number of nitrogens with zero attached hydrogens (tertiary/aromatic N) is 2. The summed E-state index contributed by atoms with van der Waals surface area (Å²) in [6.45, 7) is 5.31. The summed E-state index contributed by atoms with van der Waals surface area (Å²) in [4.78, 5) is 0.206. The normalized spacial score (nSPS) is 19.9. The van der Waals surface area contributed by atoms with E-state index in [9.17, 15) is 16.8 Å². The Hall–Kier alpha value is -1.87. The summed E-state index contributed by atoms with van der Waals surface area (Å²) in [7, 11) is -6.89. The van der Waals surface area contributed by atoms with E-state index in [0.29, 0.717) is 23.5 Å². The minimum absolute atomic E-state index is 0.0215. The fourth-order valence-corrected chi connectivity index (χ4v) is 6.09. The number of hydrogen-bond donors (Lipinski definition) is 1. The van der Waals surface area contributed by atoms with E-state index in [1.807, 2.05) is 13.0 Å². The first-order valence-corrected chi connectivity index (χ1v) is 11.2. The molecule has 1 unspecified atom stereocenters. The van der Waals surface area contributed by atoms with Crippen molar-refractivity contribution in [3.8, 4) is 0 Å². The lowest BCUT2D eigenvalue weighted by Crippen LogP contribution is -2.20. The van der Waals surface area contributed by atoms with Gasteiger partial charge < -0.3 is 0 Å². The van der Waals surface area contributed by atoms with Crippen LogP contribution in [0.4, 0.5) is 5.82 Å². The molecular formula is C16H21N3O4S2. The zero-order chi connectivity index (χ0) is 18.4. The van der Waals surface area contributed by atoms with Gasteiger partial charge in [-0.25, -0.2) is 21.5 Å². The van der Waals surface area contributed by atoms with Crippen molar-refractivity contribution in [3.63, 3.8) is 0 Å². The first-order valence-electron chi connectivity index (χ1n) is 7.94. The molecule has 0 amide bonds. The third-order valence-corrected chi connectivity index (χ3v) is 7.53. The Labute approximate surface area is 148 Å². The molecule has 25 heavy (non-hydrogen) atoms. The van der Waals surface area contributed by atoms with Crippen LogP contribution in [0.25, 0.3) is 0 Å². The average molecular weight is 383 g/mol. The monoisotopic (exact) mass is 383 g/mol. The van der Waals surface area contributed by atoms with Gasteiger partial charge in [-0.3, -0.25) is 4.72 Å². The average Bonchev–Trinajstić information content (AvgIpc) is 3.03. The molecule has 1 N–H and O–H groups in total. The lowest BCUT2D eigenvalue weighted by molar-refractivity contribution is 0.503. The van der Waals surface area contributed by atoms with Crippen molar-refractivity contribution in [1.82, 2.24) is 9.78 Å². The maximum atomic E-state index is 12.8. The van der Waals surface area contributed by atoms with E-state index in [4.69, 9.17) is 0 Å². The summed E-state index contributed by atoms with van der Waals surface area (Å²) in [6, 6.07) is 6.50. The zero-order valence-electron chi connectivity index (χ0n) is 14.4. The smallest absolute Gasteiger partial charge is 0.263 e. The summed E-state index contributed by atoms with van der Waals surface area (Å²) >= 11 is 0. The lowest BCUT2D eigenvalue weighted by atomic mass is 10.2. The molecule has 2 heterocycles. The largest absolute Gasteiger partial charge is 0.264 e. The van der Waals surface area contributed by atoms with Gasteiger partial charge in [0.05, 0.1) is 28.1 Å². The summed E-state index contributed by atoms with van der Waals surface area (Å²) in [5.41, 5.74) is 2.12. The Morgan fingerprint density at radius 2 is 1.92 bits per heavy atom. The number of rotatable bonds is 4. The van der Waals surface area contributed by atoms with Gasteiger partial charge in [-0.15, -0.1) is 0 Å². The number of sulfone groups is 1. The molecule has 1 aromatic heterocycles. The molecule has 0 saturated carbocycles. The van der Waals surface area contributed by atoms with Crippen LogP contribution in [0.1, 0.15) is 29.3 Å². The topological polar surface area (TPSA) is 98.1 Å². The molecule has 1 aliphatic heterocycles. The summed E-state index contributed by atoms with van der Waals surface area (Å²) in [6.07, 6.45) is 0.432. The number of nitrogens with one attached hydrogen (secondary N) is 1. The van der Waals surface area contributed by atoms with Gasteiger partial charge >= 0.3 is 0 Å². The Morgan fingerprint density at radius 3 is 2.56 bits per heavy atom. The summed E-state index contributed by atoms with van der Waals surface area (Å²) < 4.78 is 53.2. The quantitative estimate of drug-likeness (QED) is 0.870. The van der Waals surface area contributed by atoms with Crippen LogP contribution in [0.3, 0.4) is 0 Å². The fourth-order valence-electron chi connectivity index (χ4n) is 3.03. The van der Waals surface area contributed by atoms with Gasteiger partial charge in [-0.05, 0) is 44.4 Å². The third-order valence-electron chi connectivity index (χ3n) is 4.28. The van der Waals surface area contributed by atoms with Crippen LogP contribution < -0.4 is 4.72 Å². The number of sulfonamides is 1. The van der Waals surface area contributed by atoms with Crippen molar-refractivity contribution in [2.24, 2.45) is 0 Å². The van der Waals surface area contributed by atoms with Crippen LogP contribution in [0, 0.1) is 20.8 Å². The molecule has 3 rings (SSSR count). The van der Waals surface area contributed by atoms with E-state index in [0.717, 1.165) is 5.56 Å². The Balaban J connectivity index is 1.97. The molecule has 0 radical (unpaired) electrons. The van der Waals surface area contributed by atoms with Gasteiger partial charge in [0.25, 0.3) is 10.0 Å². The van der Waals surface area contributed by atoms with Gasteiger partial charge in [-0.1, -0.05) is 12.1 Å². The molecule has 0 bridgehead atoms. The zero-order valence-corrected chi connectivity index (χ0v) is 16.0. The van der Waals surface area contributed by atoms with Gasteiger partial charge in [-0.2, -0.15) is 5.10 Å². The van der Waals surface area contributed by atoms with Crippen molar-refractivity contribution < 1.29 is 16.8 Å². The van der Waals surface area contributed by atoms with E-state index in [1.54, 1.807) is 32.0 Å². The van der Waals surface area contributed by atoms with Crippen LogP contribution in [-0.4, -0.2) is 38.1 Å². The first kappa shape index (κ1) is 17.9. The molecule has 1 aliphatic rings. The highest BCUT2D eigenvalue weighted by Gasteiger charge is 2.32. The summed E-state index contributed by atoms with van der Waals surface area (Å²) in [5, 5.41) is 4.30. The predicted octanol–water partition coefficient (Wildman–Crippen LogP) is 1.97. The van der Waals surface area contributed by atoms with Gasteiger partial charge in [0.2, 0.25) is 0 Å². The minimum Gasteiger partial charge on any atom is -0.264 e. The predicted molar refractivity (Wildman–Crippen MR) is 96.0 cm³/mol. The molecule has 1 atom stereocenters. The highest BCUT2D eigenvalue weighted by Crippen LogP contribution is 2.29. The molecule has 1 saturated heterocycles. The van der Waals surface area contributed by atoms with Crippen molar-refractivity contribution in [1.29, 1.82) is 0 Å². The van der Waals surface area contributed by atoms with Crippen molar-refractivity contribution in [2.75, 3.05) is 16.2 Å². The molecule has 136 valence electrons. The highest BCUT2D eigenvalue weighted by atomic mass is 32.2. The molecule has 9 heteroatoms. The SMILES string of the molecule is Cc1ccc(C)c(S(=O)(=O)Nc2cc(C)nn2C2CCS(=O)(=O)C2)c1. The maximum Gasteiger partial charge on any atom is 0.263 e. The molecule has 1 fully saturated rings. The number of benzene rings is 1. The van der Waals surface area contributed by atoms with Crippen molar-refractivity contribution in [3.05, 3.63) is 41.1 Å². The van der Waals surface area contributed by atoms with Crippen LogP contribution in [-0.2, 0) is 19.9 Å². The van der Waals surface area contributed by atoms with E-state index in [1.165, 1.54) is 4.68 Å². The Kier molecular flexibility index (Phi) is 4.40. The molecule has 0 spiro atoms. The fraction of sp³-hybridized carbons (Fsp3) is 0.438. The van der Waals surface area contributed by atoms with E-state index in [2.05, 4.69) is 9.82 Å². The van der Waals surface area contributed by atoms with Crippen LogP contribution in [0.2, 0.25) is 0 Å². The second-order valence-electron chi connectivity index (χ2n) is 6.55. The number of hydrogen-bond acceptors (Lipinski definition) is 5. The second kappa shape index (κ2) is 6.14. The minimum atomic E-state index is -3.79. The van der Waals surface area contributed by atoms with Gasteiger partial charge in [0, 0.05) is 6.07 Å². The third kappa shape index (κ3) is 3.72. The Bertz CT molecular complexity index is 1020. The summed E-state index contributed by atoms with van der Waals surface area (Å²) in [5.74, 6) is 0.368. The Morgan fingerprint density at radius 1 is 1.20 bits per heavy atom. The molecular weight excluding hydrogens is 362 g/mol. The molecule has 0 aliphatic carbocycles. The maximum absolute atomic E-state index is 12.8. The van der Waals surface area contributed by atoms with Crippen molar-refractivity contribution >= 4 is 25.7 Å². The van der Waals surface area contributed by atoms with Crippen LogP contribution in [0.15, 0.2) is 29.2 Å². The first-order chi connectivity index (χ1) is 11.6. The van der Waals surface area contributed by atoms with Crippen molar-refractivity contribution in [2.45, 2.75) is 38.1 Å². The van der Waals surface area contributed by atoms with Gasteiger partial charge in [0.15, 0.2) is 9.84 Å². The van der Waals surface area contributed by atoms with Crippen LogP contribution >= 0.6 is 0 Å². The number of aryl methyl sites for hydroxylation is 3. The number of aromatic nitrogens is 2. The second-order valence-corrected chi connectivity index (χ2v) is 10.4. The van der Waals surface area contributed by atoms with E-state index < -0.39 is 19.9 Å². The van der Waals surface area contributed by atoms with E-state index in [-0.39, 0.29) is 22.4 Å². The van der Waals surface area contributed by atoms with Gasteiger partial charge in [0.1, 0.15) is 5.82 Å². The van der Waals surface area contributed by atoms with E-state index >= 15 is 0 Å².